The summed E-state index contributed by atoms with van der Waals surface area (Å²) in [5, 5.41) is 4.47. The SMILES string of the molecule is CC(C)[Si](c1ccccc1)(c1ccccc1)c1ccccc1. The van der Waals surface area contributed by atoms with Crippen LogP contribution in [0.1, 0.15) is 13.8 Å². The summed E-state index contributed by atoms with van der Waals surface area (Å²) in [6.45, 7) is 4.75. The van der Waals surface area contributed by atoms with Crippen molar-refractivity contribution in [1.29, 1.82) is 0 Å². The van der Waals surface area contributed by atoms with Crippen molar-refractivity contribution in [2.24, 2.45) is 0 Å². The maximum absolute atomic E-state index is 2.37. The minimum atomic E-state index is -2.00. The van der Waals surface area contributed by atoms with Crippen LogP contribution < -0.4 is 15.6 Å². The zero-order chi connectivity index (χ0) is 15.4. The molecule has 0 bridgehead atoms. The maximum atomic E-state index is 2.37. The Hall–Kier alpha value is -2.12. The molecule has 3 aromatic carbocycles. The molecule has 0 amide bonds. The predicted octanol–water partition coefficient (Wildman–Crippen LogP) is 3.57. The van der Waals surface area contributed by atoms with Crippen LogP contribution in [0.5, 0.6) is 0 Å². The van der Waals surface area contributed by atoms with Crippen molar-refractivity contribution in [3.63, 3.8) is 0 Å². The van der Waals surface area contributed by atoms with E-state index in [1.54, 1.807) is 0 Å². The highest BCUT2D eigenvalue weighted by Crippen LogP contribution is 2.21. The van der Waals surface area contributed by atoms with Gasteiger partial charge in [0.2, 0.25) is 0 Å². The first-order valence-electron chi connectivity index (χ1n) is 7.93. The molecule has 0 spiro atoms. The highest BCUT2D eigenvalue weighted by molar-refractivity contribution is 7.12. The number of benzene rings is 3. The van der Waals surface area contributed by atoms with Crippen LogP contribution in [0.4, 0.5) is 0 Å². The average Bonchev–Trinajstić information content (AvgIpc) is 2.58. The Morgan fingerprint density at radius 3 is 1.00 bits per heavy atom. The highest BCUT2D eigenvalue weighted by Gasteiger charge is 2.41. The van der Waals surface area contributed by atoms with E-state index in [0.29, 0.717) is 5.54 Å². The lowest BCUT2D eigenvalue weighted by atomic mass is 10.3. The summed E-state index contributed by atoms with van der Waals surface area (Å²) in [6.07, 6.45) is 0. The quantitative estimate of drug-likeness (QED) is 0.510. The Bertz CT molecular complexity index is 606. The molecular formula is C21H22Si. The zero-order valence-electron chi connectivity index (χ0n) is 13.2. The Morgan fingerprint density at radius 1 is 0.500 bits per heavy atom. The molecule has 0 aromatic heterocycles. The summed E-state index contributed by atoms with van der Waals surface area (Å²) in [5.74, 6) is 0. The molecule has 110 valence electrons. The number of hydrogen-bond donors (Lipinski definition) is 0. The van der Waals surface area contributed by atoms with Gasteiger partial charge < -0.3 is 0 Å². The van der Waals surface area contributed by atoms with Crippen molar-refractivity contribution < 1.29 is 0 Å². The molecular weight excluding hydrogens is 280 g/mol. The molecule has 1 heteroatoms. The number of hydrogen-bond acceptors (Lipinski definition) is 0. The summed E-state index contributed by atoms with van der Waals surface area (Å²) >= 11 is 0. The lowest BCUT2D eigenvalue weighted by Gasteiger charge is -2.37. The monoisotopic (exact) mass is 302 g/mol. The van der Waals surface area contributed by atoms with E-state index in [0.717, 1.165) is 0 Å². The lowest BCUT2D eigenvalue weighted by molar-refractivity contribution is 1.04. The second-order valence-corrected chi connectivity index (χ2v) is 10.6. The standard InChI is InChI=1S/C21H22Si/c1-18(2)22(19-12-6-3-7-13-19,20-14-8-4-9-15-20)21-16-10-5-11-17-21/h3-18H,1-2H3. The second-order valence-electron chi connectivity index (χ2n) is 6.06. The van der Waals surface area contributed by atoms with Crippen LogP contribution in [-0.4, -0.2) is 8.07 Å². The van der Waals surface area contributed by atoms with Crippen LogP contribution in [0, 0.1) is 0 Å². The first kappa shape index (κ1) is 14.8. The second kappa shape index (κ2) is 6.33. The molecule has 0 atom stereocenters. The van der Waals surface area contributed by atoms with E-state index < -0.39 is 8.07 Å². The van der Waals surface area contributed by atoms with Gasteiger partial charge in [-0.3, -0.25) is 0 Å². The zero-order valence-corrected chi connectivity index (χ0v) is 14.2. The summed E-state index contributed by atoms with van der Waals surface area (Å²) in [7, 11) is -2.00. The van der Waals surface area contributed by atoms with Gasteiger partial charge in [0.1, 0.15) is 0 Å². The minimum absolute atomic E-state index is 0.583. The molecule has 0 unspecified atom stereocenters. The fraction of sp³-hybridized carbons (Fsp3) is 0.143. The van der Waals surface area contributed by atoms with E-state index in [2.05, 4.69) is 105 Å². The molecule has 0 radical (unpaired) electrons. The molecule has 22 heavy (non-hydrogen) atoms. The van der Waals surface area contributed by atoms with Gasteiger partial charge in [0.25, 0.3) is 0 Å². The van der Waals surface area contributed by atoms with E-state index in [-0.39, 0.29) is 0 Å². The van der Waals surface area contributed by atoms with Crippen molar-refractivity contribution in [3.8, 4) is 0 Å². The van der Waals surface area contributed by atoms with Crippen LogP contribution in [0.15, 0.2) is 91.0 Å². The van der Waals surface area contributed by atoms with Gasteiger partial charge in [-0.25, -0.2) is 0 Å². The molecule has 0 fully saturated rings. The van der Waals surface area contributed by atoms with Crippen LogP contribution in [-0.2, 0) is 0 Å². The summed E-state index contributed by atoms with van der Waals surface area (Å²) in [5.41, 5.74) is 0.583. The Kier molecular flexibility index (Phi) is 4.26. The van der Waals surface area contributed by atoms with Gasteiger partial charge in [-0.15, -0.1) is 0 Å². The smallest absolute Gasteiger partial charge is 0.0642 e. The maximum Gasteiger partial charge on any atom is 0.150 e. The van der Waals surface area contributed by atoms with Gasteiger partial charge in [0.15, 0.2) is 8.07 Å². The topological polar surface area (TPSA) is 0 Å². The van der Waals surface area contributed by atoms with E-state index in [4.69, 9.17) is 0 Å². The van der Waals surface area contributed by atoms with Crippen LogP contribution in [0.25, 0.3) is 0 Å². The van der Waals surface area contributed by atoms with Gasteiger partial charge in [-0.2, -0.15) is 0 Å². The summed E-state index contributed by atoms with van der Waals surface area (Å²) < 4.78 is 0. The first-order valence-corrected chi connectivity index (χ1v) is 10.0. The third kappa shape index (κ3) is 2.42. The van der Waals surface area contributed by atoms with Gasteiger partial charge in [-0.05, 0) is 21.1 Å². The fourth-order valence-corrected chi connectivity index (χ4v) is 8.76. The summed E-state index contributed by atoms with van der Waals surface area (Å²) in [6, 6.07) is 33.2. The Balaban J connectivity index is 2.34. The average molecular weight is 302 g/mol. The highest BCUT2D eigenvalue weighted by atomic mass is 28.3. The largest absolute Gasteiger partial charge is 0.150 e. The molecule has 0 heterocycles. The predicted molar refractivity (Wildman–Crippen MR) is 99.1 cm³/mol. The van der Waals surface area contributed by atoms with Crippen molar-refractivity contribution >= 4 is 23.6 Å². The lowest BCUT2D eigenvalue weighted by Crippen LogP contribution is -2.68. The Morgan fingerprint density at radius 2 is 0.773 bits per heavy atom. The van der Waals surface area contributed by atoms with Gasteiger partial charge in [0, 0.05) is 0 Å². The molecule has 0 aliphatic carbocycles. The van der Waals surface area contributed by atoms with Crippen LogP contribution >= 0.6 is 0 Å². The molecule has 0 aliphatic heterocycles. The van der Waals surface area contributed by atoms with E-state index >= 15 is 0 Å². The van der Waals surface area contributed by atoms with Gasteiger partial charge in [-0.1, -0.05) is 105 Å². The first-order chi connectivity index (χ1) is 10.8. The van der Waals surface area contributed by atoms with Crippen LogP contribution in [0.3, 0.4) is 0 Å². The molecule has 0 saturated carbocycles. The molecule has 3 rings (SSSR count). The number of rotatable bonds is 4. The minimum Gasteiger partial charge on any atom is -0.0642 e. The molecule has 0 nitrogen and oxygen atoms in total. The van der Waals surface area contributed by atoms with E-state index in [1.165, 1.54) is 15.6 Å². The van der Waals surface area contributed by atoms with Crippen LogP contribution in [0.2, 0.25) is 5.54 Å². The van der Waals surface area contributed by atoms with E-state index in [9.17, 15) is 0 Å². The normalized spacial score (nSPS) is 11.6. The van der Waals surface area contributed by atoms with Crippen molar-refractivity contribution in [1.82, 2.24) is 0 Å². The van der Waals surface area contributed by atoms with Crippen molar-refractivity contribution in [3.05, 3.63) is 91.0 Å². The molecule has 0 N–H and O–H groups in total. The van der Waals surface area contributed by atoms with Crippen molar-refractivity contribution in [2.45, 2.75) is 19.4 Å². The molecule has 3 aromatic rings. The van der Waals surface area contributed by atoms with E-state index in [1.807, 2.05) is 0 Å². The van der Waals surface area contributed by atoms with Gasteiger partial charge in [0.05, 0.1) is 0 Å². The third-order valence-corrected chi connectivity index (χ3v) is 10.0. The van der Waals surface area contributed by atoms with Gasteiger partial charge >= 0.3 is 0 Å². The fourth-order valence-electron chi connectivity index (χ4n) is 3.60. The third-order valence-electron chi connectivity index (χ3n) is 4.55. The molecule has 0 aliphatic rings. The molecule has 0 saturated heterocycles. The Labute approximate surface area is 134 Å². The van der Waals surface area contributed by atoms with Crippen molar-refractivity contribution in [2.75, 3.05) is 0 Å². The summed E-state index contributed by atoms with van der Waals surface area (Å²) in [4.78, 5) is 0.